The molecule has 3 aliphatic carbocycles. The van der Waals surface area contributed by atoms with Gasteiger partial charge in [-0.2, -0.15) is 0 Å². The number of hydrogen-bond donors (Lipinski definition) is 2. The van der Waals surface area contributed by atoms with Crippen LogP contribution in [0.1, 0.15) is 45.1 Å². The molecule has 5 nitrogen and oxygen atoms in total. The third-order valence-electron chi connectivity index (χ3n) is 10.6. The van der Waals surface area contributed by atoms with Crippen LogP contribution in [-0.2, 0) is 4.74 Å². The van der Waals surface area contributed by atoms with Gasteiger partial charge < -0.3 is 19.8 Å². The second-order valence-electron chi connectivity index (χ2n) is 12.3. The van der Waals surface area contributed by atoms with E-state index in [4.69, 9.17) is 4.74 Å². The molecule has 36 heavy (non-hydrogen) atoms. The molecule has 1 aromatic carbocycles. The smallest absolute Gasteiger partial charge is 0.105 e. The van der Waals surface area contributed by atoms with Crippen molar-refractivity contribution >= 4 is 16.3 Å². The van der Waals surface area contributed by atoms with E-state index >= 15 is 0 Å². The molecule has 1 saturated carbocycles. The number of likely N-dealkylation sites (N-methyl/N-ethyl adjacent to an activating group) is 1. The second kappa shape index (κ2) is 7.38. The molecule has 3 heterocycles. The number of pyridine rings is 1. The lowest BCUT2D eigenvalue weighted by Gasteiger charge is -2.57. The van der Waals surface area contributed by atoms with E-state index in [0.29, 0.717) is 18.3 Å². The molecule has 5 aliphatic rings. The van der Waals surface area contributed by atoms with E-state index in [0.717, 1.165) is 24.8 Å². The maximum Gasteiger partial charge on any atom is 0.105 e. The molecular formula is C31H36N2O3. The van der Waals surface area contributed by atoms with Crippen LogP contribution in [0.5, 0.6) is 0 Å². The van der Waals surface area contributed by atoms with Crippen LogP contribution in [0.15, 0.2) is 66.0 Å². The summed E-state index contributed by atoms with van der Waals surface area (Å²) in [6.07, 6.45) is 12.8. The summed E-state index contributed by atoms with van der Waals surface area (Å²) in [6.45, 7) is 4.78. The Labute approximate surface area is 213 Å². The number of benzene rings is 1. The van der Waals surface area contributed by atoms with Crippen LogP contribution in [0.3, 0.4) is 0 Å². The van der Waals surface area contributed by atoms with Crippen molar-refractivity contribution in [1.29, 1.82) is 0 Å². The fraction of sp³-hybridized carbons (Fsp3) is 0.516. The summed E-state index contributed by atoms with van der Waals surface area (Å²) in [6, 6.07) is 8.57. The molecule has 7 rings (SSSR count). The van der Waals surface area contributed by atoms with Gasteiger partial charge in [0, 0.05) is 35.2 Å². The molecule has 2 aromatic rings. The summed E-state index contributed by atoms with van der Waals surface area (Å²) in [5.41, 5.74) is 3.91. The predicted molar refractivity (Wildman–Crippen MR) is 141 cm³/mol. The molecule has 0 radical (unpaired) electrons. The van der Waals surface area contributed by atoms with Crippen LogP contribution in [0.25, 0.3) is 16.3 Å². The number of allylic oxidation sites excluding steroid dienone is 3. The largest absolute Gasteiger partial charge is 0.388 e. The molecule has 2 bridgehead atoms. The zero-order valence-electron chi connectivity index (χ0n) is 21.6. The van der Waals surface area contributed by atoms with Crippen molar-refractivity contribution in [1.82, 2.24) is 9.88 Å². The number of fused-ring (bicyclic) bond motifs is 2. The van der Waals surface area contributed by atoms with E-state index in [-0.39, 0.29) is 17.1 Å². The molecular weight excluding hydrogens is 448 g/mol. The van der Waals surface area contributed by atoms with Gasteiger partial charge in [0.25, 0.3) is 0 Å². The fourth-order valence-corrected chi connectivity index (χ4v) is 8.58. The highest BCUT2D eigenvalue weighted by Gasteiger charge is 2.68. The molecule has 1 aromatic heterocycles. The molecule has 5 heteroatoms. The lowest BCUT2D eigenvalue weighted by atomic mass is 9.54. The maximum absolute atomic E-state index is 11.2. The Morgan fingerprint density at radius 3 is 2.78 bits per heavy atom. The molecule has 1 saturated heterocycles. The monoisotopic (exact) mass is 484 g/mol. The van der Waals surface area contributed by atoms with Crippen molar-refractivity contribution in [2.75, 3.05) is 14.1 Å². The van der Waals surface area contributed by atoms with Crippen LogP contribution in [-0.4, -0.2) is 63.6 Å². The molecule has 2 fully saturated rings. The zero-order chi connectivity index (χ0) is 25.0. The SMILES string of the molecule is CC1C=C2C=C3[C@@H](O)[C@H](O)[C@@H](N(C)C)C[C@]34CC[C@]2(O4)C2CC=C(c3cccc4cnccc34)[C@@]12C. The van der Waals surface area contributed by atoms with E-state index < -0.39 is 17.8 Å². The average molecular weight is 485 g/mol. The Morgan fingerprint density at radius 1 is 1.14 bits per heavy atom. The van der Waals surface area contributed by atoms with Crippen LogP contribution >= 0.6 is 0 Å². The number of aromatic nitrogens is 1. The van der Waals surface area contributed by atoms with E-state index in [1.807, 2.05) is 31.4 Å². The van der Waals surface area contributed by atoms with Gasteiger partial charge in [-0.15, -0.1) is 0 Å². The van der Waals surface area contributed by atoms with Crippen molar-refractivity contribution in [3.05, 3.63) is 71.6 Å². The van der Waals surface area contributed by atoms with E-state index in [1.54, 1.807) is 0 Å². The number of hydrogen-bond acceptors (Lipinski definition) is 5. The third kappa shape index (κ3) is 2.67. The summed E-state index contributed by atoms with van der Waals surface area (Å²) in [5, 5.41) is 24.6. The van der Waals surface area contributed by atoms with Gasteiger partial charge in [-0.1, -0.05) is 50.3 Å². The quantitative estimate of drug-likeness (QED) is 0.657. The maximum atomic E-state index is 11.2. The first-order chi connectivity index (χ1) is 17.2. The van der Waals surface area contributed by atoms with E-state index in [1.165, 1.54) is 27.5 Å². The Balaban J connectivity index is 1.36. The summed E-state index contributed by atoms with van der Waals surface area (Å²) in [7, 11) is 3.97. The van der Waals surface area contributed by atoms with Gasteiger partial charge >= 0.3 is 0 Å². The Hall–Kier alpha value is -2.31. The molecule has 8 atom stereocenters. The van der Waals surface area contributed by atoms with Crippen molar-refractivity contribution in [2.24, 2.45) is 17.3 Å². The normalized spacial score (nSPS) is 43.0. The minimum atomic E-state index is -0.895. The molecule has 2 unspecified atom stereocenters. The van der Waals surface area contributed by atoms with Gasteiger partial charge in [0.2, 0.25) is 0 Å². The summed E-state index contributed by atoms with van der Waals surface area (Å²) in [4.78, 5) is 6.39. The first-order valence-corrected chi connectivity index (χ1v) is 13.4. The first-order valence-electron chi connectivity index (χ1n) is 13.4. The van der Waals surface area contributed by atoms with Gasteiger partial charge in [0.05, 0.1) is 17.3 Å². The van der Waals surface area contributed by atoms with E-state index in [2.05, 4.69) is 61.3 Å². The van der Waals surface area contributed by atoms with Crippen molar-refractivity contribution in [3.63, 3.8) is 0 Å². The molecule has 2 aliphatic heterocycles. The molecule has 188 valence electrons. The standard InChI is InChI=1S/C31H36N2O3/c1-18-14-20-15-24-27(34)28(35)25(33(3)4)16-30(24)11-12-31(20,36-30)26-9-8-23(29(18,26)2)22-7-5-6-19-17-32-13-10-21(19)22/h5-8,10,13-15,17-18,25-28,34-35H,9,11-12,16H2,1-4H3/t18?,25-,26?,27+,28+,29+,30+,31+/m0/s1. The highest BCUT2D eigenvalue weighted by atomic mass is 16.5. The fourth-order valence-electron chi connectivity index (χ4n) is 8.58. The number of rotatable bonds is 2. The number of ether oxygens (including phenoxy) is 1. The average Bonchev–Trinajstić information content (AvgIpc) is 3.39. The van der Waals surface area contributed by atoms with Crippen LogP contribution in [0.2, 0.25) is 0 Å². The predicted octanol–water partition coefficient (Wildman–Crippen LogP) is 4.50. The topological polar surface area (TPSA) is 65.8 Å². The van der Waals surface area contributed by atoms with Gasteiger partial charge in [-0.05, 0) is 79.4 Å². The Bertz CT molecular complexity index is 1360. The zero-order valence-corrected chi connectivity index (χ0v) is 21.6. The summed E-state index contributed by atoms with van der Waals surface area (Å²) >= 11 is 0. The van der Waals surface area contributed by atoms with Crippen LogP contribution in [0.4, 0.5) is 0 Å². The van der Waals surface area contributed by atoms with Gasteiger partial charge in [-0.25, -0.2) is 0 Å². The minimum absolute atomic E-state index is 0.0638. The molecule has 2 spiro atoms. The molecule has 0 amide bonds. The number of aliphatic hydroxyl groups excluding tert-OH is 2. The lowest BCUT2D eigenvalue weighted by Crippen LogP contribution is -2.62. The van der Waals surface area contributed by atoms with Crippen LogP contribution in [0, 0.1) is 17.3 Å². The third-order valence-corrected chi connectivity index (χ3v) is 10.6. The number of aliphatic hydroxyl groups is 2. The summed E-state index contributed by atoms with van der Waals surface area (Å²) in [5.74, 6) is 0.633. The van der Waals surface area contributed by atoms with Crippen LogP contribution < -0.4 is 0 Å². The Morgan fingerprint density at radius 2 is 1.97 bits per heavy atom. The van der Waals surface area contributed by atoms with Gasteiger partial charge in [0.1, 0.15) is 6.10 Å². The highest BCUT2D eigenvalue weighted by molar-refractivity contribution is 5.95. The van der Waals surface area contributed by atoms with Crippen molar-refractivity contribution < 1.29 is 14.9 Å². The van der Waals surface area contributed by atoms with Gasteiger partial charge in [0.15, 0.2) is 0 Å². The lowest BCUT2D eigenvalue weighted by molar-refractivity contribution is -0.165. The highest BCUT2D eigenvalue weighted by Crippen LogP contribution is 2.69. The van der Waals surface area contributed by atoms with Crippen molar-refractivity contribution in [3.8, 4) is 0 Å². The Kier molecular flexibility index (Phi) is 4.69. The number of nitrogens with zero attached hydrogens (tertiary/aromatic N) is 2. The van der Waals surface area contributed by atoms with Crippen molar-refractivity contribution in [2.45, 2.75) is 69.0 Å². The minimum Gasteiger partial charge on any atom is -0.388 e. The molecule has 2 N–H and O–H groups in total. The summed E-state index contributed by atoms with van der Waals surface area (Å²) < 4.78 is 7.30. The van der Waals surface area contributed by atoms with Gasteiger partial charge in [-0.3, -0.25) is 4.98 Å². The first kappa shape index (κ1) is 22.9. The van der Waals surface area contributed by atoms with E-state index in [9.17, 15) is 10.2 Å². The second-order valence-corrected chi connectivity index (χ2v) is 12.3.